The predicted octanol–water partition coefficient (Wildman–Crippen LogP) is 1.93. The highest BCUT2D eigenvalue weighted by Crippen LogP contribution is 2.08. The van der Waals surface area contributed by atoms with Gasteiger partial charge in [0.25, 0.3) is 5.91 Å². The van der Waals surface area contributed by atoms with E-state index in [1.165, 1.54) is 17.2 Å². The molecule has 1 atom stereocenters. The number of nitriles is 1. The lowest BCUT2D eigenvalue weighted by atomic mass is 10.1. The molecular weight excluding hydrogens is 294 g/mol. The van der Waals surface area contributed by atoms with Gasteiger partial charge in [0.05, 0.1) is 17.9 Å². The second kappa shape index (κ2) is 7.27. The number of nitrogens with one attached hydrogen (secondary N) is 1. The highest BCUT2D eigenvalue weighted by atomic mass is 16.3. The number of likely N-dealkylation sites (N-methyl/N-ethyl adjacent to an activating group) is 1. The third kappa shape index (κ3) is 4.20. The molecule has 0 unspecified atom stereocenters. The molecule has 0 saturated heterocycles. The number of carbonyl (C=O) groups is 2. The molecule has 2 aromatic rings. The van der Waals surface area contributed by atoms with Crippen molar-refractivity contribution in [1.82, 2.24) is 10.2 Å². The van der Waals surface area contributed by atoms with E-state index in [0.29, 0.717) is 12.1 Å². The molecule has 2 rings (SSSR count). The summed E-state index contributed by atoms with van der Waals surface area (Å²) in [6, 6.07) is 11.6. The van der Waals surface area contributed by atoms with E-state index in [-0.39, 0.29) is 11.7 Å². The van der Waals surface area contributed by atoms with Crippen molar-refractivity contribution in [2.75, 3.05) is 7.05 Å². The monoisotopic (exact) mass is 311 g/mol. The van der Waals surface area contributed by atoms with Crippen molar-refractivity contribution in [3.05, 3.63) is 59.5 Å². The van der Waals surface area contributed by atoms with Crippen LogP contribution in [0.4, 0.5) is 0 Å². The number of hydrogen-bond acceptors (Lipinski definition) is 4. The molecule has 1 aromatic heterocycles. The van der Waals surface area contributed by atoms with Gasteiger partial charge >= 0.3 is 0 Å². The third-order valence-electron chi connectivity index (χ3n) is 3.32. The first-order valence-electron chi connectivity index (χ1n) is 7.09. The molecule has 6 nitrogen and oxygen atoms in total. The van der Waals surface area contributed by atoms with Gasteiger partial charge in [-0.25, -0.2) is 0 Å². The Hall–Kier alpha value is -3.07. The van der Waals surface area contributed by atoms with Crippen molar-refractivity contribution in [2.45, 2.75) is 19.5 Å². The third-order valence-corrected chi connectivity index (χ3v) is 3.32. The fraction of sp³-hybridized carbons (Fsp3) is 0.235. The summed E-state index contributed by atoms with van der Waals surface area (Å²) in [5.41, 5.74) is 1.40. The van der Waals surface area contributed by atoms with Crippen LogP contribution < -0.4 is 5.32 Å². The van der Waals surface area contributed by atoms with Crippen molar-refractivity contribution < 1.29 is 14.0 Å². The Kier molecular flexibility index (Phi) is 5.15. The zero-order chi connectivity index (χ0) is 16.8. The van der Waals surface area contributed by atoms with Gasteiger partial charge in [-0.2, -0.15) is 5.26 Å². The van der Waals surface area contributed by atoms with Crippen LogP contribution in [0.25, 0.3) is 0 Å². The van der Waals surface area contributed by atoms with Gasteiger partial charge in [-0.1, -0.05) is 12.1 Å². The molecule has 23 heavy (non-hydrogen) atoms. The minimum Gasteiger partial charge on any atom is -0.459 e. The van der Waals surface area contributed by atoms with Crippen molar-refractivity contribution in [1.29, 1.82) is 5.26 Å². The Morgan fingerprint density at radius 1 is 1.35 bits per heavy atom. The molecule has 0 radical (unpaired) electrons. The molecule has 0 spiro atoms. The van der Waals surface area contributed by atoms with Crippen LogP contribution >= 0.6 is 0 Å². The Balaban J connectivity index is 1.95. The Morgan fingerprint density at radius 3 is 2.78 bits per heavy atom. The summed E-state index contributed by atoms with van der Waals surface area (Å²) in [5.74, 6) is -0.503. The number of amides is 2. The van der Waals surface area contributed by atoms with Gasteiger partial charge in [0.1, 0.15) is 6.04 Å². The Bertz CT molecular complexity index is 732. The molecule has 1 aromatic carbocycles. The van der Waals surface area contributed by atoms with Crippen LogP contribution in [0.1, 0.15) is 28.6 Å². The first-order chi connectivity index (χ1) is 11.0. The van der Waals surface area contributed by atoms with Crippen LogP contribution in [0.2, 0.25) is 0 Å². The van der Waals surface area contributed by atoms with Gasteiger partial charge < -0.3 is 14.6 Å². The number of benzene rings is 1. The standard InChI is InChI=1S/C17H17N3O3/c1-12(19-16(21)15-7-4-8-23-15)17(22)20(2)11-14-6-3-5-13(9-14)10-18/h3-9,12H,11H2,1-2H3,(H,19,21)/t12-/m1/s1. The van der Waals surface area contributed by atoms with Crippen LogP contribution in [0, 0.1) is 11.3 Å². The van der Waals surface area contributed by atoms with Gasteiger partial charge in [-0.05, 0) is 36.8 Å². The zero-order valence-electron chi connectivity index (χ0n) is 12.9. The summed E-state index contributed by atoms with van der Waals surface area (Å²) in [6.07, 6.45) is 1.40. The highest BCUT2D eigenvalue weighted by molar-refractivity contribution is 5.95. The first-order valence-corrected chi connectivity index (χ1v) is 7.09. The molecule has 0 aliphatic rings. The minimum absolute atomic E-state index is 0.161. The van der Waals surface area contributed by atoms with E-state index in [2.05, 4.69) is 11.4 Å². The van der Waals surface area contributed by atoms with Crippen LogP contribution in [0.3, 0.4) is 0 Å². The van der Waals surface area contributed by atoms with Crippen molar-refractivity contribution in [3.8, 4) is 6.07 Å². The van der Waals surface area contributed by atoms with E-state index in [1.807, 2.05) is 6.07 Å². The summed E-state index contributed by atoms with van der Waals surface area (Å²) in [5, 5.41) is 11.5. The van der Waals surface area contributed by atoms with E-state index < -0.39 is 11.9 Å². The smallest absolute Gasteiger partial charge is 0.287 e. The lowest BCUT2D eigenvalue weighted by molar-refractivity contribution is -0.132. The van der Waals surface area contributed by atoms with Crippen LogP contribution in [0.5, 0.6) is 0 Å². The van der Waals surface area contributed by atoms with Crippen molar-refractivity contribution >= 4 is 11.8 Å². The maximum atomic E-state index is 12.3. The Morgan fingerprint density at radius 2 is 2.13 bits per heavy atom. The summed E-state index contributed by atoms with van der Waals surface area (Å²) < 4.78 is 4.99. The minimum atomic E-state index is -0.684. The maximum Gasteiger partial charge on any atom is 0.287 e. The molecule has 0 fully saturated rings. The van der Waals surface area contributed by atoms with Gasteiger partial charge in [-0.3, -0.25) is 9.59 Å². The largest absolute Gasteiger partial charge is 0.459 e. The molecule has 0 aliphatic carbocycles. The molecule has 0 bridgehead atoms. The molecule has 1 N–H and O–H groups in total. The molecule has 1 heterocycles. The second-order valence-corrected chi connectivity index (χ2v) is 5.18. The summed E-state index contributed by atoms with van der Waals surface area (Å²) in [4.78, 5) is 25.7. The van der Waals surface area contributed by atoms with Crippen molar-refractivity contribution in [2.24, 2.45) is 0 Å². The zero-order valence-corrected chi connectivity index (χ0v) is 12.9. The second-order valence-electron chi connectivity index (χ2n) is 5.18. The summed E-state index contributed by atoms with van der Waals surface area (Å²) >= 11 is 0. The van der Waals surface area contributed by atoms with Crippen LogP contribution in [0.15, 0.2) is 47.1 Å². The van der Waals surface area contributed by atoms with E-state index in [9.17, 15) is 9.59 Å². The van der Waals surface area contributed by atoms with E-state index in [4.69, 9.17) is 9.68 Å². The topological polar surface area (TPSA) is 86.3 Å². The lowest BCUT2D eigenvalue weighted by Crippen LogP contribution is -2.45. The fourth-order valence-corrected chi connectivity index (χ4v) is 2.16. The number of furan rings is 1. The maximum absolute atomic E-state index is 12.3. The van der Waals surface area contributed by atoms with Gasteiger partial charge in [0.15, 0.2) is 5.76 Å². The van der Waals surface area contributed by atoms with Crippen molar-refractivity contribution in [3.63, 3.8) is 0 Å². The first kappa shape index (κ1) is 16.3. The van der Waals surface area contributed by atoms with E-state index >= 15 is 0 Å². The summed E-state index contributed by atoms with van der Waals surface area (Å²) in [7, 11) is 1.65. The average Bonchev–Trinajstić information content (AvgIpc) is 3.08. The van der Waals surface area contributed by atoms with E-state index in [0.717, 1.165) is 5.56 Å². The molecule has 118 valence electrons. The van der Waals surface area contributed by atoms with Crippen LogP contribution in [-0.4, -0.2) is 29.8 Å². The lowest BCUT2D eigenvalue weighted by Gasteiger charge is -2.22. The molecule has 2 amide bonds. The summed E-state index contributed by atoms with van der Waals surface area (Å²) in [6.45, 7) is 1.97. The average molecular weight is 311 g/mol. The quantitative estimate of drug-likeness (QED) is 0.914. The molecule has 0 saturated carbocycles. The highest BCUT2D eigenvalue weighted by Gasteiger charge is 2.21. The predicted molar refractivity (Wildman–Crippen MR) is 83.3 cm³/mol. The van der Waals surface area contributed by atoms with Gasteiger partial charge in [0.2, 0.25) is 5.91 Å². The number of rotatable bonds is 5. The molecular formula is C17H17N3O3. The van der Waals surface area contributed by atoms with E-state index in [1.54, 1.807) is 38.2 Å². The fourth-order valence-electron chi connectivity index (χ4n) is 2.16. The number of nitrogens with zero attached hydrogens (tertiary/aromatic N) is 2. The molecule has 0 aliphatic heterocycles. The van der Waals surface area contributed by atoms with Crippen LogP contribution in [-0.2, 0) is 11.3 Å². The SMILES string of the molecule is C[C@@H](NC(=O)c1ccco1)C(=O)N(C)Cc1cccc(C#N)c1. The molecule has 6 heteroatoms. The van der Waals surface area contributed by atoms with Gasteiger partial charge in [-0.15, -0.1) is 0 Å². The Labute approximate surface area is 134 Å². The normalized spacial score (nSPS) is 11.3. The van der Waals surface area contributed by atoms with Gasteiger partial charge in [0, 0.05) is 13.6 Å². The number of hydrogen-bond donors (Lipinski definition) is 1. The number of carbonyl (C=O) groups excluding carboxylic acids is 2.